The molecular weight excluding hydrogens is 382 g/mol. The number of nitrogens with zero attached hydrogens (tertiary/aromatic N) is 4. The Labute approximate surface area is 171 Å². The highest BCUT2D eigenvalue weighted by atomic mass is 16.5. The van der Waals surface area contributed by atoms with Crippen molar-refractivity contribution in [3.63, 3.8) is 0 Å². The Morgan fingerprint density at radius 1 is 1.03 bits per heavy atom. The Kier molecular flexibility index (Phi) is 4.93. The van der Waals surface area contributed by atoms with E-state index in [9.17, 15) is 14.9 Å². The molecule has 2 aromatic heterocycles. The zero-order chi connectivity index (χ0) is 21.1. The summed E-state index contributed by atoms with van der Waals surface area (Å²) >= 11 is 0. The lowest BCUT2D eigenvalue weighted by atomic mass is 10.1. The van der Waals surface area contributed by atoms with Gasteiger partial charge in [0.25, 0.3) is 5.91 Å². The predicted octanol–water partition coefficient (Wildman–Crippen LogP) is 3.33. The quantitative estimate of drug-likeness (QED) is 0.529. The number of aromatic nitrogens is 3. The van der Waals surface area contributed by atoms with Crippen LogP contribution >= 0.6 is 0 Å². The van der Waals surface area contributed by atoms with Crippen LogP contribution in [0.25, 0.3) is 16.7 Å². The third-order valence-corrected chi connectivity index (χ3v) is 4.50. The number of para-hydroxylation sites is 1. The van der Waals surface area contributed by atoms with Gasteiger partial charge in [-0.05, 0) is 30.3 Å². The molecule has 0 bridgehead atoms. The summed E-state index contributed by atoms with van der Waals surface area (Å²) in [6.07, 6.45) is 1.35. The van der Waals surface area contributed by atoms with Gasteiger partial charge in [-0.15, -0.1) is 0 Å². The molecule has 146 valence electrons. The summed E-state index contributed by atoms with van der Waals surface area (Å²) in [6.45, 7) is 0. The maximum atomic E-state index is 12.9. The fourth-order valence-corrected chi connectivity index (χ4v) is 3.04. The molecule has 0 aliphatic carbocycles. The van der Waals surface area contributed by atoms with Crippen molar-refractivity contribution in [1.82, 2.24) is 14.8 Å². The van der Waals surface area contributed by atoms with Gasteiger partial charge in [0.2, 0.25) is 0 Å². The first kappa shape index (κ1) is 18.8. The van der Waals surface area contributed by atoms with Gasteiger partial charge in [0.05, 0.1) is 30.0 Å². The average Bonchev–Trinajstić information content (AvgIpc) is 3.20. The highest BCUT2D eigenvalue weighted by Gasteiger charge is 2.21. The number of amides is 1. The standard InChI is InChI=1S/C22H15N5O3/c1-30-22(29)17-8-4-3-7-16(17)21(28)26-20-15(12-23)13-24-27(20)19-11-10-14-6-2-5-9-18(14)25-19/h2-11,13H,1H3,(H,26,28). The Morgan fingerprint density at radius 3 is 2.53 bits per heavy atom. The average molecular weight is 397 g/mol. The summed E-state index contributed by atoms with van der Waals surface area (Å²) in [5.74, 6) is -0.613. The van der Waals surface area contributed by atoms with Crippen LogP contribution in [0.3, 0.4) is 0 Å². The third kappa shape index (κ3) is 3.36. The van der Waals surface area contributed by atoms with Gasteiger partial charge in [0, 0.05) is 5.39 Å². The number of methoxy groups -OCH3 is 1. The Balaban J connectivity index is 1.75. The molecule has 0 spiro atoms. The molecule has 0 atom stereocenters. The molecule has 4 aromatic rings. The van der Waals surface area contributed by atoms with E-state index in [0.717, 1.165) is 10.9 Å². The van der Waals surface area contributed by atoms with Gasteiger partial charge in [-0.25, -0.2) is 9.78 Å². The number of carbonyl (C=O) groups excluding carboxylic acids is 2. The van der Waals surface area contributed by atoms with Gasteiger partial charge in [-0.1, -0.05) is 30.3 Å². The topological polar surface area (TPSA) is 110 Å². The second-order valence-corrected chi connectivity index (χ2v) is 6.28. The van der Waals surface area contributed by atoms with E-state index in [1.165, 1.54) is 30.1 Å². The van der Waals surface area contributed by atoms with E-state index in [-0.39, 0.29) is 22.5 Å². The normalized spacial score (nSPS) is 10.4. The first-order valence-electron chi connectivity index (χ1n) is 8.95. The summed E-state index contributed by atoms with van der Waals surface area (Å²) in [5.41, 5.74) is 1.14. The molecule has 8 nitrogen and oxygen atoms in total. The van der Waals surface area contributed by atoms with Crippen LogP contribution in [0.5, 0.6) is 0 Å². The van der Waals surface area contributed by atoms with Gasteiger partial charge in [-0.2, -0.15) is 15.0 Å². The van der Waals surface area contributed by atoms with E-state index in [4.69, 9.17) is 4.74 Å². The fraction of sp³-hybridized carbons (Fsp3) is 0.0455. The van der Waals surface area contributed by atoms with Gasteiger partial charge in [0.15, 0.2) is 11.6 Å². The molecular formula is C22H15N5O3. The number of esters is 1. The minimum Gasteiger partial charge on any atom is -0.465 e. The van der Waals surface area contributed by atoms with Crippen molar-refractivity contribution in [1.29, 1.82) is 5.26 Å². The van der Waals surface area contributed by atoms with Crippen molar-refractivity contribution >= 4 is 28.6 Å². The molecule has 2 aromatic carbocycles. The number of nitriles is 1. The van der Waals surface area contributed by atoms with Crippen LogP contribution in [-0.2, 0) is 4.74 Å². The Hall–Kier alpha value is -4.51. The fourth-order valence-electron chi connectivity index (χ4n) is 3.04. The maximum absolute atomic E-state index is 12.9. The number of fused-ring (bicyclic) bond motifs is 1. The maximum Gasteiger partial charge on any atom is 0.338 e. The third-order valence-electron chi connectivity index (χ3n) is 4.50. The number of hydrogen-bond acceptors (Lipinski definition) is 6. The molecule has 0 aliphatic rings. The molecule has 8 heteroatoms. The SMILES string of the molecule is COC(=O)c1ccccc1C(=O)Nc1c(C#N)cnn1-c1ccc2ccccc2n1. The van der Waals surface area contributed by atoms with Crippen LogP contribution in [0.2, 0.25) is 0 Å². The molecule has 30 heavy (non-hydrogen) atoms. The molecule has 1 N–H and O–H groups in total. The number of nitrogens with one attached hydrogen (secondary N) is 1. The smallest absolute Gasteiger partial charge is 0.338 e. The number of anilines is 1. The second-order valence-electron chi connectivity index (χ2n) is 6.28. The summed E-state index contributed by atoms with van der Waals surface area (Å²) in [7, 11) is 1.24. The minimum absolute atomic E-state index is 0.117. The molecule has 1 amide bonds. The first-order valence-corrected chi connectivity index (χ1v) is 8.95. The van der Waals surface area contributed by atoms with Crippen molar-refractivity contribution in [2.75, 3.05) is 12.4 Å². The second kappa shape index (κ2) is 7.85. The lowest BCUT2D eigenvalue weighted by Crippen LogP contribution is -2.19. The Bertz CT molecular complexity index is 1320. The minimum atomic E-state index is -0.633. The highest BCUT2D eigenvalue weighted by Crippen LogP contribution is 2.22. The molecule has 2 heterocycles. The first-order chi connectivity index (χ1) is 14.6. The zero-order valence-corrected chi connectivity index (χ0v) is 15.9. The van der Waals surface area contributed by atoms with E-state index >= 15 is 0 Å². The van der Waals surface area contributed by atoms with E-state index in [1.54, 1.807) is 18.2 Å². The molecule has 0 aliphatic heterocycles. The van der Waals surface area contributed by atoms with Crippen LogP contribution < -0.4 is 5.32 Å². The predicted molar refractivity (Wildman–Crippen MR) is 109 cm³/mol. The van der Waals surface area contributed by atoms with E-state index in [1.807, 2.05) is 36.4 Å². The van der Waals surface area contributed by atoms with Crippen molar-refractivity contribution in [3.05, 3.63) is 83.6 Å². The number of benzene rings is 2. The van der Waals surface area contributed by atoms with Crippen LogP contribution in [0.1, 0.15) is 26.3 Å². The molecule has 4 rings (SSSR count). The van der Waals surface area contributed by atoms with Crippen molar-refractivity contribution in [2.45, 2.75) is 0 Å². The lowest BCUT2D eigenvalue weighted by Gasteiger charge is -2.11. The number of hydrogen-bond donors (Lipinski definition) is 1. The summed E-state index contributed by atoms with van der Waals surface area (Å²) in [4.78, 5) is 29.5. The van der Waals surface area contributed by atoms with Crippen LogP contribution in [0.4, 0.5) is 5.82 Å². The van der Waals surface area contributed by atoms with Crippen molar-refractivity contribution in [2.24, 2.45) is 0 Å². The van der Waals surface area contributed by atoms with Gasteiger partial charge >= 0.3 is 5.97 Å². The zero-order valence-electron chi connectivity index (χ0n) is 15.9. The summed E-state index contributed by atoms with van der Waals surface area (Å²) < 4.78 is 6.12. The van der Waals surface area contributed by atoms with Crippen molar-refractivity contribution in [3.8, 4) is 11.9 Å². The Morgan fingerprint density at radius 2 is 1.77 bits per heavy atom. The van der Waals surface area contributed by atoms with Gasteiger partial charge in [-0.3, -0.25) is 4.79 Å². The van der Waals surface area contributed by atoms with E-state index in [0.29, 0.717) is 5.82 Å². The highest BCUT2D eigenvalue weighted by molar-refractivity contribution is 6.11. The van der Waals surface area contributed by atoms with E-state index in [2.05, 4.69) is 15.4 Å². The number of pyridine rings is 1. The number of rotatable bonds is 4. The number of carbonyl (C=O) groups is 2. The lowest BCUT2D eigenvalue weighted by molar-refractivity contribution is 0.0597. The monoisotopic (exact) mass is 397 g/mol. The van der Waals surface area contributed by atoms with Gasteiger partial charge in [0.1, 0.15) is 11.6 Å². The van der Waals surface area contributed by atoms with Crippen molar-refractivity contribution < 1.29 is 14.3 Å². The molecule has 0 fully saturated rings. The molecule has 0 radical (unpaired) electrons. The van der Waals surface area contributed by atoms with Crippen LogP contribution in [-0.4, -0.2) is 33.8 Å². The van der Waals surface area contributed by atoms with Gasteiger partial charge < -0.3 is 10.1 Å². The molecule has 0 unspecified atom stereocenters. The van der Waals surface area contributed by atoms with E-state index < -0.39 is 11.9 Å². The molecule has 0 saturated heterocycles. The van der Waals surface area contributed by atoms with Crippen LogP contribution in [0.15, 0.2) is 66.9 Å². The largest absolute Gasteiger partial charge is 0.465 e. The summed E-state index contributed by atoms with van der Waals surface area (Å²) in [5, 5.41) is 17.3. The summed E-state index contributed by atoms with van der Waals surface area (Å²) in [6, 6.07) is 19.5. The number of ether oxygens (including phenoxy) is 1. The molecule has 0 saturated carbocycles. The van der Waals surface area contributed by atoms with Crippen LogP contribution in [0, 0.1) is 11.3 Å².